The van der Waals surface area contributed by atoms with Gasteiger partial charge in [-0.3, -0.25) is 14.4 Å². The smallest absolute Gasteiger partial charge is 0.353 e. The number of ketones is 1. The molecule has 0 aliphatic carbocycles. The first-order chi connectivity index (χ1) is 19.6. The maximum atomic E-state index is 13.3. The van der Waals surface area contributed by atoms with Crippen molar-refractivity contribution in [1.82, 2.24) is 44.9 Å². The Morgan fingerprint density at radius 3 is 2.83 bits per heavy atom. The molecule has 6 rings (SSSR count). The number of nitrogens with two attached hydrogens (primary N) is 1. The number of β-lactam (4-membered cyclic amide) rings is 1. The van der Waals surface area contributed by atoms with E-state index in [1.165, 1.54) is 27.7 Å². The van der Waals surface area contributed by atoms with E-state index in [0.717, 1.165) is 5.69 Å². The van der Waals surface area contributed by atoms with E-state index >= 15 is 0 Å². The summed E-state index contributed by atoms with van der Waals surface area (Å²) in [5, 5.41) is 24.1. The number of carboxylic acid groups (broad SMARTS) is 1. The van der Waals surface area contributed by atoms with E-state index in [1.54, 1.807) is 11.1 Å². The Balaban J connectivity index is 1.09. The van der Waals surface area contributed by atoms with Crippen molar-refractivity contribution in [3.05, 3.63) is 28.8 Å². The van der Waals surface area contributed by atoms with Crippen LogP contribution < -0.4 is 11.1 Å². The molecule has 2 saturated heterocycles. The fraction of sp³-hybridized carbons (Fsp3) is 0.600. The minimum atomic E-state index is -1.14. The van der Waals surface area contributed by atoms with Crippen LogP contribution in [-0.2, 0) is 38.8 Å². The van der Waals surface area contributed by atoms with Gasteiger partial charge in [0.05, 0.1) is 36.4 Å². The summed E-state index contributed by atoms with van der Waals surface area (Å²) in [5.74, 6) is -1.96. The molecule has 4 aliphatic rings. The lowest BCUT2D eigenvalue weighted by atomic mass is 9.73. The van der Waals surface area contributed by atoms with Gasteiger partial charge in [0.1, 0.15) is 18.6 Å². The largest absolute Gasteiger partial charge is 0.477 e. The number of nitrogen functional groups attached to an aromatic ring is 1. The number of nitrogens with zero attached hydrogens (tertiary/aromatic N) is 8. The van der Waals surface area contributed by atoms with Crippen LogP contribution in [0.4, 0.5) is 5.95 Å². The van der Waals surface area contributed by atoms with Gasteiger partial charge in [-0.15, -0.1) is 16.9 Å². The lowest BCUT2D eigenvalue weighted by Gasteiger charge is -2.47. The van der Waals surface area contributed by atoms with E-state index in [1.807, 2.05) is 18.4 Å². The van der Waals surface area contributed by atoms with Gasteiger partial charge in [0.2, 0.25) is 11.8 Å². The van der Waals surface area contributed by atoms with E-state index in [9.17, 15) is 24.3 Å². The number of aliphatic carboxylic acids is 1. The summed E-state index contributed by atoms with van der Waals surface area (Å²) in [4.78, 5) is 59.4. The van der Waals surface area contributed by atoms with Crippen molar-refractivity contribution in [3.63, 3.8) is 0 Å². The SMILES string of the molecule is C[C@@H](CC(=O)Cn1cnnn1)[C@H]1C(=O)N2C(C(=O)O)=C(S[C@@H]3CNC(C(=O)N4CCn5c(cnc5N)C4)C3)[C@H](C)[C@H]12. The van der Waals surface area contributed by atoms with Gasteiger partial charge >= 0.3 is 5.97 Å². The van der Waals surface area contributed by atoms with Crippen molar-refractivity contribution in [3.8, 4) is 0 Å². The van der Waals surface area contributed by atoms with E-state index in [0.29, 0.717) is 43.5 Å². The zero-order valence-corrected chi connectivity index (χ0v) is 23.5. The number of carboxylic acids is 1. The highest BCUT2D eigenvalue weighted by Gasteiger charge is 2.60. The van der Waals surface area contributed by atoms with Gasteiger partial charge in [-0.1, -0.05) is 13.8 Å². The number of Topliss-reactive ketones (excluding diaryl/α,β-unsaturated/α-hetero) is 1. The van der Waals surface area contributed by atoms with Crippen LogP contribution in [-0.4, -0.2) is 98.7 Å². The topological polar surface area (TPSA) is 194 Å². The highest BCUT2D eigenvalue weighted by molar-refractivity contribution is 8.03. The third-order valence-electron chi connectivity index (χ3n) is 8.59. The number of thioether (sulfide) groups is 1. The monoisotopic (exact) mass is 584 g/mol. The Morgan fingerprint density at radius 1 is 1.29 bits per heavy atom. The Hall–Kier alpha value is -3.79. The van der Waals surface area contributed by atoms with E-state index in [-0.39, 0.29) is 65.4 Å². The molecule has 15 nitrogen and oxygen atoms in total. The van der Waals surface area contributed by atoms with Crippen molar-refractivity contribution in [2.24, 2.45) is 17.8 Å². The molecule has 0 bridgehead atoms. The molecule has 2 fully saturated rings. The van der Waals surface area contributed by atoms with Gasteiger partial charge in [0.15, 0.2) is 11.7 Å². The maximum absolute atomic E-state index is 13.3. The lowest BCUT2D eigenvalue weighted by molar-refractivity contribution is -0.160. The van der Waals surface area contributed by atoms with Crippen molar-refractivity contribution in [1.29, 1.82) is 0 Å². The fourth-order valence-electron chi connectivity index (χ4n) is 6.63. The van der Waals surface area contributed by atoms with Crippen LogP contribution in [0.3, 0.4) is 0 Å². The summed E-state index contributed by atoms with van der Waals surface area (Å²) in [6.07, 6.45) is 3.77. The summed E-state index contributed by atoms with van der Waals surface area (Å²) < 4.78 is 3.25. The first kappa shape index (κ1) is 27.4. The van der Waals surface area contributed by atoms with Crippen LogP contribution in [0.15, 0.2) is 23.1 Å². The molecule has 2 aromatic rings. The minimum absolute atomic E-state index is 0.00487. The number of tetrazole rings is 1. The summed E-state index contributed by atoms with van der Waals surface area (Å²) in [6.45, 7) is 5.95. The quantitative estimate of drug-likeness (QED) is 0.315. The van der Waals surface area contributed by atoms with Crippen LogP contribution in [0, 0.1) is 17.8 Å². The molecule has 4 N–H and O–H groups in total. The number of aromatic nitrogens is 6. The first-order valence-electron chi connectivity index (χ1n) is 13.7. The number of carbonyl (C=O) groups excluding carboxylic acids is 3. The van der Waals surface area contributed by atoms with Crippen LogP contribution >= 0.6 is 11.8 Å². The highest BCUT2D eigenvalue weighted by atomic mass is 32.2. The second-order valence-corrected chi connectivity index (χ2v) is 12.6. The van der Waals surface area contributed by atoms with Gasteiger partial charge < -0.3 is 30.5 Å². The number of nitrogens with one attached hydrogen (secondary N) is 1. The molecular weight excluding hydrogens is 552 g/mol. The predicted octanol–water partition coefficient (Wildman–Crippen LogP) is -0.674. The molecule has 2 aromatic heterocycles. The molecule has 0 aromatic carbocycles. The predicted molar refractivity (Wildman–Crippen MR) is 144 cm³/mol. The van der Waals surface area contributed by atoms with Gasteiger partial charge in [-0.25, -0.2) is 14.5 Å². The summed E-state index contributed by atoms with van der Waals surface area (Å²) >= 11 is 1.45. The van der Waals surface area contributed by atoms with Crippen LogP contribution in [0.1, 0.15) is 32.4 Å². The normalized spacial score (nSPS) is 28.0. The van der Waals surface area contributed by atoms with Crippen LogP contribution in [0.5, 0.6) is 0 Å². The molecule has 41 heavy (non-hydrogen) atoms. The number of carbonyl (C=O) groups is 4. The Kier molecular flexibility index (Phi) is 7.05. The molecule has 0 spiro atoms. The second kappa shape index (κ2) is 10.6. The van der Waals surface area contributed by atoms with E-state index < -0.39 is 11.9 Å². The van der Waals surface area contributed by atoms with Crippen molar-refractivity contribution >= 4 is 41.3 Å². The van der Waals surface area contributed by atoms with Crippen LogP contribution in [0.2, 0.25) is 0 Å². The van der Waals surface area contributed by atoms with E-state index in [2.05, 4.69) is 25.8 Å². The molecule has 6 heterocycles. The van der Waals surface area contributed by atoms with Gasteiger partial charge in [0.25, 0.3) is 0 Å². The van der Waals surface area contributed by atoms with Crippen LogP contribution in [0.25, 0.3) is 0 Å². The van der Waals surface area contributed by atoms with Crippen molar-refractivity contribution in [2.75, 3.05) is 18.8 Å². The summed E-state index contributed by atoms with van der Waals surface area (Å²) in [6, 6.07) is -0.688. The number of hydrogen-bond acceptors (Lipinski definition) is 11. The molecular formula is C25H32N10O5S. The Labute approximate surface area is 239 Å². The van der Waals surface area contributed by atoms with Crippen molar-refractivity contribution in [2.45, 2.75) is 63.7 Å². The zero-order chi connectivity index (χ0) is 29.0. The summed E-state index contributed by atoms with van der Waals surface area (Å²) in [7, 11) is 0. The number of imidazole rings is 1. The van der Waals surface area contributed by atoms with Gasteiger partial charge in [-0.2, -0.15) is 0 Å². The molecule has 0 radical (unpaired) electrons. The fourth-order valence-corrected chi connectivity index (χ4v) is 8.11. The average molecular weight is 585 g/mol. The number of anilines is 1. The number of rotatable bonds is 9. The highest BCUT2D eigenvalue weighted by Crippen LogP contribution is 2.53. The standard InChI is InChI=1S/C25H32N10O5S/c1-12(5-15(36)10-33-11-29-30-31-33)18-19-13(2)21(20(24(39)40)35(19)23(18)38)41-16-6-17(27-8-16)22(37)32-3-4-34-14(9-32)7-28-25(34)26/h7,11-13,16-19,27H,3-6,8-10H2,1-2H3,(H2,26,28)(H,39,40)/t12-,13+,16-,17?,18+,19+/m0/s1. The van der Waals surface area contributed by atoms with Gasteiger partial charge in [0, 0.05) is 42.1 Å². The Bertz CT molecular complexity index is 1420. The number of hydrogen-bond donors (Lipinski definition) is 3. The van der Waals surface area contributed by atoms with E-state index in [4.69, 9.17) is 5.73 Å². The molecule has 16 heteroatoms. The second-order valence-electron chi connectivity index (χ2n) is 11.2. The third kappa shape index (κ3) is 4.77. The summed E-state index contributed by atoms with van der Waals surface area (Å²) in [5.41, 5.74) is 6.81. The van der Waals surface area contributed by atoms with Gasteiger partial charge in [-0.05, 0) is 22.8 Å². The molecule has 2 amide bonds. The molecule has 4 aliphatic heterocycles. The number of fused-ring (bicyclic) bond motifs is 2. The molecule has 6 atom stereocenters. The van der Waals surface area contributed by atoms with Crippen molar-refractivity contribution < 1.29 is 24.3 Å². The first-order valence-corrected chi connectivity index (χ1v) is 14.5. The molecule has 218 valence electrons. The third-order valence-corrected chi connectivity index (χ3v) is 10.1. The lowest BCUT2D eigenvalue weighted by Crippen LogP contribution is -2.62. The Morgan fingerprint density at radius 2 is 2.10 bits per heavy atom. The molecule has 1 unspecified atom stereocenters. The average Bonchev–Trinajstić information content (AvgIpc) is 3.72. The molecule has 0 saturated carbocycles. The minimum Gasteiger partial charge on any atom is -0.477 e. The number of amides is 2. The maximum Gasteiger partial charge on any atom is 0.353 e. The zero-order valence-electron chi connectivity index (χ0n) is 22.7.